The third-order valence-corrected chi connectivity index (χ3v) is 6.26. The fraction of sp³-hybridized carbons (Fsp3) is 0.333. The van der Waals surface area contributed by atoms with E-state index >= 15 is 0 Å². The number of pyridine rings is 1. The summed E-state index contributed by atoms with van der Waals surface area (Å²) in [6.45, 7) is 7.25. The molecule has 8 heteroatoms. The Kier molecular flexibility index (Phi) is 5.55. The Labute approximate surface area is 185 Å². The maximum atomic E-state index is 13.4. The summed E-state index contributed by atoms with van der Waals surface area (Å²) in [6, 6.07) is 15.8. The highest BCUT2D eigenvalue weighted by atomic mass is 16.5. The van der Waals surface area contributed by atoms with Gasteiger partial charge in [-0.05, 0) is 52.4 Å². The summed E-state index contributed by atoms with van der Waals surface area (Å²) in [4.78, 5) is 18.7. The number of ether oxygens (including phenoxy) is 1. The molecule has 0 unspecified atom stereocenters. The first kappa shape index (κ1) is 20.5. The smallest absolute Gasteiger partial charge is 0.253 e. The van der Waals surface area contributed by atoms with E-state index in [1.165, 1.54) is 0 Å². The van der Waals surface area contributed by atoms with Gasteiger partial charge >= 0.3 is 0 Å². The third-order valence-electron chi connectivity index (χ3n) is 6.26. The molecular weight excluding hydrogens is 404 g/mol. The summed E-state index contributed by atoms with van der Waals surface area (Å²) < 4.78 is 7.36. The number of nitrogens with zero attached hydrogens (tertiary/aromatic N) is 5. The lowest BCUT2D eigenvalue weighted by Crippen LogP contribution is -2.42. The Morgan fingerprint density at radius 1 is 1.09 bits per heavy atom. The number of hydrogen-bond donors (Lipinski definition) is 1. The molecule has 3 heterocycles. The van der Waals surface area contributed by atoms with Gasteiger partial charge in [0.05, 0.1) is 25.3 Å². The van der Waals surface area contributed by atoms with E-state index in [1.54, 1.807) is 4.68 Å². The van der Waals surface area contributed by atoms with E-state index in [0.29, 0.717) is 44.2 Å². The van der Waals surface area contributed by atoms with Crippen LogP contribution in [-0.2, 0) is 11.3 Å². The molecule has 1 N–H and O–H groups in total. The SMILES string of the molecule is Cc1ccc2cc([C@@H](c3nnnn3Cc3ccccc3)N3CCOCC3)c(=O)[nH]c2c1C. The number of hydrogen-bond acceptors (Lipinski definition) is 6. The summed E-state index contributed by atoms with van der Waals surface area (Å²) in [5.74, 6) is 0.657. The predicted molar refractivity (Wildman–Crippen MR) is 122 cm³/mol. The molecule has 164 valence electrons. The van der Waals surface area contributed by atoms with Crippen LogP contribution in [0.4, 0.5) is 0 Å². The van der Waals surface area contributed by atoms with Gasteiger partial charge in [0.25, 0.3) is 5.56 Å². The summed E-state index contributed by atoms with van der Waals surface area (Å²) in [6.07, 6.45) is 0. The van der Waals surface area contributed by atoms with Gasteiger partial charge in [-0.15, -0.1) is 5.10 Å². The number of fused-ring (bicyclic) bond motifs is 1. The maximum absolute atomic E-state index is 13.4. The fourth-order valence-corrected chi connectivity index (χ4v) is 4.36. The zero-order valence-electron chi connectivity index (χ0n) is 18.3. The lowest BCUT2D eigenvalue weighted by Gasteiger charge is -2.33. The molecule has 0 bridgehead atoms. The van der Waals surface area contributed by atoms with Crippen molar-refractivity contribution in [3.05, 3.63) is 87.0 Å². The molecule has 2 aromatic heterocycles. The van der Waals surface area contributed by atoms with Crippen LogP contribution in [0.2, 0.25) is 0 Å². The van der Waals surface area contributed by atoms with E-state index in [0.717, 1.165) is 27.6 Å². The summed E-state index contributed by atoms with van der Waals surface area (Å²) in [5, 5.41) is 13.6. The minimum Gasteiger partial charge on any atom is -0.379 e. The minimum atomic E-state index is -0.368. The molecule has 0 radical (unpaired) electrons. The largest absolute Gasteiger partial charge is 0.379 e. The maximum Gasteiger partial charge on any atom is 0.253 e. The molecule has 32 heavy (non-hydrogen) atoms. The van der Waals surface area contributed by atoms with Gasteiger partial charge in [-0.2, -0.15) is 0 Å². The standard InChI is InChI=1S/C24H26N6O2/c1-16-8-9-19-14-20(24(31)25-21(19)17(16)2)22(29-10-12-32-13-11-29)23-26-27-28-30(23)15-18-6-4-3-5-7-18/h3-9,14,22H,10-13,15H2,1-2H3,(H,25,31)/t22-/m0/s1. The summed E-state index contributed by atoms with van der Waals surface area (Å²) in [5.41, 5.74) is 4.74. The second-order valence-corrected chi connectivity index (χ2v) is 8.26. The van der Waals surface area contributed by atoms with Crippen molar-refractivity contribution in [3.8, 4) is 0 Å². The van der Waals surface area contributed by atoms with Crippen LogP contribution in [0.3, 0.4) is 0 Å². The lowest BCUT2D eigenvalue weighted by molar-refractivity contribution is 0.0214. The molecule has 0 saturated carbocycles. The van der Waals surface area contributed by atoms with E-state index in [9.17, 15) is 4.79 Å². The highest BCUT2D eigenvalue weighted by molar-refractivity contribution is 5.83. The van der Waals surface area contributed by atoms with Crippen molar-refractivity contribution in [2.45, 2.75) is 26.4 Å². The zero-order valence-corrected chi connectivity index (χ0v) is 18.3. The van der Waals surface area contributed by atoms with Crippen molar-refractivity contribution in [3.63, 3.8) is 0 Å². The minimum absolute atomic E-state index is 0.114. The Morgan fingerprint density at radius 3 is 2.66 bits per heavy atom. The lowest BCUT2D eigenvalue weighted by atomic mass is 10.00. The molecule has 1 aliphatic rings. The van der Waals surface area contributed by atoms with Gasteiger partial charge < -0.3 is 9.72 Å². The van der Waals surface area contributed by atoms with Crippen LogP contribution >= 0.6 is 0 Å². The molecule has 2 aromatic carbocycles. The summed E-state index contributed by atoms with van der Waals surface area (Å²) >= 11 is 0. The van der Waals surface area contributed by atoms with Gasteiger partial charge in [-0.1, -0.05) is 42.5 Å². The highest BCUT2D eigenvalue weighted by Gasteiger charge is 2.31. The van der Waals surface area contributed by atoms with Crippen molar-refractivity contribution >= 4 is 10.9 Å². The van der Waals surface area contributed by atoms with Crippen molar-refractivity contribution in [2.75, 3.05) is 26.3 Å². The van der Waals surface area contributed by atoms with Crippen LogP contribution in [-0.4, -0.2) is 56.4 Å². The molecule has 0 spiro atoms. The van der Waals surface area contributed by atoms with Crippen LogP contribution in [0.1, 0.15) is 34.1 Å². The van der Waals surface area contributed by atoms with Crippen LogP contribution < -0.4 is 5.56 Å². The van der Waals surface area contributed by atoms with Crippen LogP contribution in [0.25, 0.3) is 10.9 Å². The molecule has 1 fully saturated rings. The van der Waals surface area contributed by atoms with Gasteiger partial charge in [0, 0.05) is 18.7 Å². The first-order valence-electron chi connectivity index (χ1n) is 10.9. The first-order valence-corrected chi connectivity index (χ1v) is 10.9. The van der Waals surface area contributed by atoms with Crippen LogP contribution in [0, 0.1) is 13.8 Å². The normalized spacial score (nSPS) is 15.8. The number of tetrazole rings is 1. The molecule has 1 saturated heterocycles. The molecule has 0 amide bonds. The Hall–Kier alpha value is -3.36. The molecule has 5 rings (SSSR count). The first-order chi connectivity index (χ1) is 15.6. The fourth-order valence-electron chi connectivity index (χ4n) is 4.36. The van der Waals surface area contributed by atoms with Crippen molar-refractivity contribution in [1.82, 2.24) is 30.1 Å². The monoisotopic (exact) mass is 430 g/mol. The number of aryl methyl sites for hydroxylation is 2. The van der Waals surface area contributed by atoms with E-state index < -0.39 is 0 Å². The van der Waals surface area contributed by atoms with Gasteiger partial charge in [-0.3, -0.25) is 9.69 Å². The second kappa shape index (κ2) is 8.64. The number of nitrogens with one attached hydrogen (secondary N) is 1. The van der Waals surface area contributed by atoms with E-state index in [4.69, 9.17) is 4.74 Å². The number of aromatic nitrogens is 5. The average molecular weight is 431 g/mol. The Balaban J connectivity index is 1.64. The van der Waals surface area contributed by atoms with Crippen LogP contribution in [0.5, 0.6) is 0 Å². The predicted octanol–water partition coefficient (Wildman–Crippen LogP) is 2.60. The Morgan fingerprint density at radius 2 is 1.88 bits per heavy atom. The zero-order chi connectivity index (χ0) is 22.1. The topological polar surface area (TPSA) is 88.9 Å². The molecule has 8 nitrogen and oxygen atoms in total. The van der Waals surface area contributed by atoms with Gasteiger partial charge in [0.1, 0.15) is 6.04 Å². The Bertz CT molecular complexity index is 1290. The van der Waals surface area contributed by atoms with E-state index in [2.05, 4.69) is 44.5 Å². The molecule has 1 aliphatic heterocycles. The number of H-pyrrole nitrogens is 1. The van der Waals surface area contributed by atoms with E-state index in [-0.39, 0.29) is 11.6 Å². The number of benzene rings is 2. The van der Waals surface area contributed by atoms with Crippen molar-refractivity contribution in [1.29, 1.82) is 0 Å². The molecule has 0 aliphatic carbocycles. The molecule has 1 atom stereocenters. The van der Waals surface area contributed by atoms with Gasteiger partial charge in [0.2, 0.25) is 0 Å². The van der Waals surface area contributed by atoms with Gasteiger partial charge in [-0.25, -0.2) is 4.68 Å². The molecule has 4 aromatic rings. The number of morpholine rings is 1. The van der Waals surface area contributed by atoms with Gasteiger partial charge in [0.15, 0.2) is 5.82 Å². The van der Waals surface area contributed by atoms with Crippen LogP contribution in [0.15, 0.2) is 53.3 Å². The average Bonchev–Trinajstić information content (AvgIpc) is 3.26. The number of aromatic amines is 1. The van der Waals surface area contributed by atoms with Crippen molar-refractivity contribution in [2.24, 2.45) is 0 Å². The molecular formula is C24H26N6O2. The van der Waals surface area contributed by atoms with E-state index in [1.807, 2.05) is 43.3 Å². The third kappa shape index (κ3) is 3.83. The number of rotatable bonds is 5. The summed E-state index contributed by atoms with van der Waals surface area (Å²) in [7, 11) is 0. The van der Waals surface area contributed by atoms with Crippen molar-refractivity contribution < 1.29 is 4.74 Å². The second-order valence-electron chi connectivity index (χ2n) is 8.26. The highest BCUT2D eigenvalue weighted by Crippen LogP contribution is 2.28. The quantitative estimate of drug-likeness (QED) is 0.524.